The van der Waals surface area contributed by atoms with Crippen molar-refractivity contribution in [3.63, 3.8) is 0 Å². The molecule has 0 amide bonds. The van der Waals surface area contributed by atoms with E-state index in [9.17, 15) is 9.90 Å². The number of nitrogens with two attached hydrogens (primary N) is 2. The standard InChI is InChI=1S/C13H12N2O2/c14-11-4-2-1-3-9(11)10-6-5-8(13(16)17)7-12(10)15/h1-7H,14-15H2,(H,16,17)/p-1. The molecule has 0 spiro atoms. The molecule has 17 heavy (non-hydrogen) atoms. The van der Waals surface area contributed by atoms with Crippen LogP contribution in [0.15, 0.2) is 42.5 Å². The number of hydrogen-bond donors (Lipinski definition) is 2. The van der Waals surface area contributed by atoms with E-state index in [1.54, 1.807) is 12.1 Å². The number of carboxylic acid groups (broad SMARTS) is 1. The van der Waals surface area contributed by atoms with Crippen LogP contribution >= 0.6 is 0 Å². The van der Waals surface area contributed by atoms with E-state index < -0.39 is 5.97 Å². The molecule has 0 unspecified atom stereocenters. The van der Waals surface area contributed by atoms with Gasteiger partial charge < -0.3 is 21.4 Å². The molecule has 0 aromatic heterocycles. The van der Waals surface area contributed by atoms with Crippen LogP contribution in [0.25, 0.3) is 11.1 Å². The van der Waals surface area contributed by atoms with Crippen molar-refractivity contribution in [1.82, 2.24) is 0 Å². The number of anilines is 2. The zero-order valence-corrected chi connectivity index (χ0v) is 9.01. The van der Waals surface area contributed by atoms with Gasteiger partial charge in [-0.3, -0.25) is 0 Å². The van der Waals surface area contributed by atoms with Crippen molar-refractivity contribution in [3.8, 4) is 11.1 Å². The minimum absolute atomic E-state index is 0.0563. The van der Waals surface area contributed by atoms with Crippen LogP contribution in [-0.4, -0.2) is 5.97 Å². The largest absolute Gasteiger partial charge is 0.545 e. The monoisotopic (exact) mass is 227 g/mol. The fourth-order valence-electron chi connectivity index (χ4n) is 1.68. The number of carbonyl (C=O) groups excluding carboxylic acids is 1. The lowest BCUT2D eigenvalue weighted by molar-refractivity contribution is -0.255. The molecule has 0 saturated carbocycles. The van der Waals surface area contributed by atoms with Gasteiger partial charge in [-0.25, -0.2) is 0 Å². The lowest BCUT2D eigenvalue weighted by Gasteiger charge is -2.11. The van der Waals surface area contributed by atoms with Gasteiger partial charge in [0.05, 0.1) is 5.97 Å². The van der Waals surface area contributed by atoms with Gasteiger partial charge in [-0.05, 0) is 17.7 Å². The first kappa shape index (κ1) is 11.0. The summed E-state index contributed by atoms with van der Waals surface area (Å²) in [6.07, 6.45) is 0. The molecule has 0 bridgehead atoms. The van der Waals surface area contributed by atoms with Crippen LogP contribution in [0.2, 0.25) is 0 Å². The third kappa shape index (κ3) is 2.06. The van der Waals surface area contributed by atoms with E-state index in [0.717, 1.165) is 5.56 Å². The average molecular weight is 227 g/mol. The fraction of sp³-hybridized carbons (Fsp3) is 0. The molecular weight excluding hydrogens is 216 g/mol. The summed E-state index contributed by atoms with van der Waals surface area (Å²) in [5.74, 6) is -1.25. The van der Waals surface area contributed by atoms with Crippen LogP contribution in [0.1, 0.15) is 10.4 Å². The predicted octanol–water partition coefficient (Wildman–Crippen LogP) is 0.882. The van der Waals surface area contributed by atoms with Crippen molar-refractivity contribution in [2.75, 3.05) is 11.5 Å². The first-order valence-corrected chi connectivity index (χ1v) is 5.05. The molecule has 4 heteroatoms. The molecule has 2 aromatic carbocycles. The van der Waals surface area contributed by atoms with Crippen molar-refractivity contribution < 1.29 is 9.90 Å². The van der Waals surface area contributed by atoms with Gasteiger partial charge in [-0.1, -0.05) is 30.3 Å². The third-order valence-corrected chi connectivity index (χ3v) is 2.54. The summed E-state index contributed by atoms with van der Waals surface area (Å²) in [5, 5.41) is 10.7. The Labute approximate surface area is 98.5 Å². The molecule has 4 nitrogen and oxygen atoms in total. The highest BCUT2D eigenvalue weighted by Gasteiger charge is 2.06. The smallest absolute Gasteiger partial charge is 0.0716 e. The molecule has 0 aliphatic rings. The lowest BCUT2D eigenvalue weighted by Crippen LogP contribution is -2.22. The molecule has 0 saturated heterocycles. The second-order valence-electron chi connectivity index (χ2n) is 3.68. The number of carbonyl (C=O) groups is 1. The van der Waals surface area contributed by atoms with E-state index >= 15 is 0 Å². The van der Waals surface area contributed by atoms with Gasteiger partial charge in [0.1, 0.15) is 0 Å². The molecule has 0 aliphatic heterocycles. The van der Waals surface area contributed by atoms with E-state index in [1.807, 2.05) is 18.2 Å². The molecule has 2 rings (SSSR count). The molecule has 0 atom stereocenters. The zero-order valence-electron chi connectivity index (χ0n) is 9.01. The van der Waals surface area contributed by atoms with Gasteiger partial charge in [0, 0.05) is 22.5 Å². The van der Waals surface area contributed by atoms with Crippen molar-refractivity contribution in [2.24, 2.45) is 0 Å². The lowest BCUT2D eigenvalue weighted by atomic mass is 10.0. The average Bonchev–Trinajstić information content (AvgIpc) is 2.30. The van der Waals surface area contributed by atoms with Crippen LogP contribution in [0, 0.1) is 0 Å². The first-order valence-electron chi connectivity index (χ1n) is 5.05. The Morgan fingerprint density at radius 1 is 0.941 bits per heavy atom. The normalized spacial score (nSPS) is 10.1. The van der Waals surface area contributed by atoms with Gasteiger partial charge in [0.2, 0.25) is 0 Å². The SMILES string of the molecule is Nc1ccccc1-c1ccc(C(=O)[O-])cc1N. The van der Waals surface area contributed by atoms with Crippen molar-refractivity contribution >= 4 is 17.3 Å². The van der Waals surface area contributed by atoms with Gasteiger partial charge in [0.25, 0.3) is 0 Å². The summed E-state index contributed by atoms with van der Waals surface area (Å²) in [6, 6.07) is 11.7. The van der Waals surface area contributed by atoms with E-state index in [4.69, 9.17) is 11.5 Å². The molecule has 2 aromatic rings. The van der Waals surface area contributed by atoms with Crippen molar-refractivity contribution in [3.05, 3.63) is 48.0 Å². The highest BCUT2D eigenvalue weighted by atomic mass is 16.4. The van der Waals surface area contributed by atoms with Gasteiger partial charge in [-0.2, -0.15) is 0 Å². The van der Waals surface area contributed by atoms with E-state index in [2.05, 4.69) is 0 Å². The highest BCUT2D eigenvalue weighted by molar-refractivity contribution is 5.91. The second kappa shape index (κ2) is 4.17. The maximum Gasteiger partial charge on any atom is 0.0716 e. The number of carboxylic acids is 1. The quantitative estimate of drug-likeness (QED) is 0.745. The van der Waals surface area contributed by atoms with Crippen molar-refractivity contribution in [1.29, 1.82) is 0 Å². The van der Waals surface area contributed by atoms with E-state index in [1.165, 1.54) is 12.1 Å². The Morgan fingerprint density at radius 2 is 1.59 bits per heavy atom. The number of hydrogen-bond acceptors (Lipinski definition) is 4. The molecular formula is C13H11N2O2-. The van der Waals surface area contributed by atoms with Crippen molar-refractivity contribution in [2.45, 2.75) is 0 Å². The summed E-state index contributed by atoms with van der Waals surface area (Å²) in [6.45, 7) is 0. The molecule has 0 aliphatic carbocycles. The number of para-hydroxylation sites is 1. The highest BCUT2D eigenvalue weighted by Crippen LogP contribution is 2.30. The molecule has 0 fully saturated rings. The minimum Gasteiger partial charge on any atom is -0.545 e. The number of benzene rings is 2. The van der Waals surface area contributed by atoms with Crippen LogP contribution in [0.5, 0.6) is 0 Å². The number of rotatable bonds is 2. The summed E-state index contributed by atoms with van der Waals surface area (Å²) in [4.78, 5) is 10.7. The van der Waals surface area contributed by atoms with Gasteiger partial charge in [-0.15, -0.1) is 0 Å². The van der Waals surface area contributed by atoms with Crippen LogP contribution in [-0.2, 0) is 0 Å². The van der Waals surface area contributed by atoms with E-state index in [0.29, 0.717) is 16.9 Å². The van der Waals surface area contributed by atoms with Gasteiger partial charge >= 0.3 is 0 Å². The summed E-state index contributed by atoms with van der Waals surface area (Å²) in [7, 11) is 0. The fourth-order valence-corrected chi connectivity index (χ4v) is 1.68. The summed E-state index contributed by atoms with van der Waals surface area (Å²) < 4.78 is 0. The minimum atomic E-state index is -1.25. The molecule has 4 N–H and O–H groups in total. The van der Waals surface area contributed by atoms with E-state index in [-0.39, 0.29) is 5.56 Å². The third-order valence-electron chi connectivity index (χ3n) is 2.54. The zero-order chi connectivity index (χ0) is 12.4. The van der Waals surface area contributed by atoms with Crippen LogP contribution in [0.3, 0.4) is 0 Å². The molecule has 0 heterocycles. The Hall–Kier alpha value is -2.49. The Morgan fingerprint density at radius 3 is 2.18 bits per heavy atom. The molecule has 86 valence electrons. The van der Waals surface area contributed by atoms with Gasteiger partial charge in [0.15, 0.2) is 0 Å². The van der Waals surface area contributed by atoms with Crippen LogP contribution < -0.4 is 16.6 Å². The maximum absolute atomic E-state index is 10.7. The topological polar surface area (TPSA) is 92.2 Å². The Kier molecular flexibility index (Phi) is 2.70. The molecule has 0 radical (unpaired) electrons. The van der Waals surface area contributed by atoms with Crippen LogP contribution in [0.4, 0.5) is 11.4 Å². The second-order valence-corrected chi connectivity index (χ2v) is 3.68. The summed E-state index contributed by atoms with van der Waals surface area (Å²) >= 11 is 0. The number of nitrogen functional groups attached to an aromatic ring is 2. The summed E-state index contributed by atoms with van der Waals surface area (Å²) in [5.41, 5.74) is 14.2. The maximum atomic E-state index is 10.7. The number of aromatic carboxylic acids is 1. The Balaban J connectivity index is 2.55. The first-order chi connectivity index (χ1) is 8.09. The predicted molar refractivity (Wildman–Crippen MR) is 65.0 cm³/mol. The Bertz CT molecular complexity index is 579.